The van der Waals surface area contributed by atoms with E-state index in [-0.39, 0.29) is 0 Å². The number of hydrogen-bond acceptors (Lipinski definition) is 5. The number of pyridine rings is 5. The smallest absolute Gasteiger partial charge is 0.0970 e. The minimum absolute atomic E-state index is 0.900. The van der Waals surface area contributed by atoms with E-state index in [0.717, 1.165) is 99.3 Å². The van der Waals surface area contributed by atoms with Gasteiger partial charge in [0.15, 0.2) is 0 Å². The fourth-order valence-corrected chi connectivity index (χ4v) is 6.96. The molecular weight excluding hydrogens is 611 g/mol. The van der Waals surface area contributed by atoms with Crippen molar-refractivity contribution in [2.24, 2.45) is 0 Å². The van der Waals surface area contributed by atoms with Crippen LogP contribution >= 0.6 is 0 Å². The summed E-state index contributed by atoms with van der Waals surface area (Å²) in [6, 6.07) is 50.8. The standard InChI is InChI=1S/C45H27N5/c1-2-8-39-33(5-1)23-36(27-48-39)41-20-18-31-14-16-34(26-43(31)50-41)40-19-17-30-13-15-32(25-42(30)49-40)28-9-11-29(12-10-28)38-24-35-6-3-21-46-44(35)45-37(38)7-4-22-47-45/h1-27H. The molecule has 10 rings (SSSR count). The monoisotopic (exact) mass is 637 g/mol. The maximum Gasteiger partial charge on any atom is 0.0970 e. The van der Waals surface area contributed by atoms with Crippen molar-refractivity contribution < 1.29 is 0 Å². The summed E-state index contributed by atoms with van der Waals surface area (Å²) in [5, 5.41) is 5.47. The second-order valence-corrected chi connectivity index (χ2v) is 12.6. The Morgan fingerprint density at radius 3 is 1.78 bits per heavy atom. The SMILES string of the molecule is c1ccc2ncc(-c3ccc4ccc(-c5ccc6ccc(-c7ccc(-c8cc9cccnc9c9ncccc89)cc7)cc6n5)cc4n3)cc2c1. The first kappa shape index (κ1) is 28.2. The van der Waals surface area contributed by atoms with Crippen LogP contribution in [0.4, 0.5) is 0 Å². The third-order valence-electron chi connectivity index (χ3n) is 9.56. The van der Waals surface area contributed by atoms with Gasteiger partial charge in [-0.25, -0.2) is 9.97 Å². The third kappa shape index (κ3) is 4.83. The van der Waals surface area contributed by atoms with E-state index in [1.54, 1.807) is 0 Å². The lowest BCUT2D eigenvalue weighted by atomic mass is 9.95. The number of fused-ring (bicyclic) bond motifs is 6. The first-order valence-corrected chi connectivity index (χ1v) is 16.6. The molecule has 5 heteroatoms. The van der Waals surface area contributed by atoms with Crippen LogP contribution in [0.25, 0.3) is 99.3 Å². The van der Waals surface area contributed by atoms with Crippen LogP contribution in [0.5, 0.6) is 0 Å². The van der Waals surface area contributed by atoms with Crippen molar-refractivity contribution in [2.45, 2.75) is 0 Å². The Morgan fingerprint density at radius 2 is 0.960 bits per heavy atom. The molecule has 0 N–H and O–H groups in total. The second kappa shape index (κ2) is 11.4. The molecule has 232 valence electrons. The maximum atomic E-state index is 5.13. The van der Waals surface area contributed by atoms with Crippen LogP contribution < -0.4 is 0 Å². The Bertz CT molecular complexity index is 2930. The first-order chi connectivity index (χ1) is 24.7. The van der Waals surface area contributed by atoms with Crippen molar-refractivity contribution in [1.29, 1.82) is 0 Å². The lowest BCUT2D eigenvalue weighted by Crippen LogP contribution is -1.90. The summed E-state index contributed by atoms with van der Waals surface area (Å²) in [6.07, 6.45) is 5.56. The maximum absolute atomic E-state index is 5.13. The van der Waals surface area contributed by atoms with Crippen LogP contribution in [0, 0.1) is 0 Å². The van der Waals surface area contributed by atoms with Gasteiger partial charge in [0, 0.05) is 56.6 Å². The zero-order valence-electron chi connectivity index (χ0n) is 26.8. The molecule has 0 bridgehead atoms. The van der Waals surface area contributed by atoms with Gasteiger partial charge in [0.25, 0.3) is 0 Å². The molecule has 10 aromatic rings. The highest BCUT2D eigenvalue weighted by atomic mass is 14.7. The zero-order valence-corrected chi connectivity index (χ0v) is 26.8. The summed E-state index contributed by atoms with van der Waals surface area (Å²) >= 11 is 0. The van der Waals surface area contributed by atoms with Gasteiger partial charge in [-0.3, -0.25) is 15.0 Å². The van der Waals surface area contributed by atoms with Gasteiger partial charge in [0.2, 0.25) is 0 Å². The molecule has 0 radical (unpaired) electrons. The summed E-state index contributed by atoms with van der Waals surface area (Å²) in [7, 11) is 0. The summed E-state index contributed by atoms with van der Waals surface area (Å²) in [5.74, 6) is 0. The van der Waals surface area contributed by atoms with Crippen LogP contribution in [0.1, 0.15) is 0 Å². The number of rotatable bonds is 4. The third-order valence-corrected chi connectivity index (χ3v) is 9.56. The van der Waals surface area contributed by atoms with Gasteiger partial charge >= 0.3 is 0 Å². The Balaban J connectivity index is 0.986. The Morgan fingerprint density at radius 1 is 0.340 bits per heavy atom. The van der Waals surface area contributed by atoms with Crippen LogP contribution in [0.15, 0.2) is 164 Å². The molecule has 50 heavy (non-hydrogen) atoms. The van der Waals surface area contributed by atoms with Gasteiger partial charge in [-0.05, 0) is 76.9 Å². The second-order valence-electron chi connectivity index (χ2n) is 12.6. The van der Waals surface area contributed by atoms with E-state index in [9.17, 15) is 0 Å². The molecule has 5 heterocycles. The highest BCUT2D eigenvalue weighted by Gasteiger charge is 2.12. The zero-order chi connectivity index (χ0) is 33.0. The van der Waals surface area contributed by atoms with E-state index in [4.69, 9.17) is 9.97 Å². The largest absolute Gasteiger partial charge is 0.256 e. The van der Waals surface area contributed by atoms with E-state index in [1.807, 2.05) is 48.9 Å². The molecule has 0 saturated carbocycles. The molecule has 0 spiro atoms. The van der Waals surface area contributed by atoms with Crippen molar-refractivity contribution >= 4 is 54.5 Å². The quantitative estimate of drug-likeness (QED) is 0.180. The van der Waals surface area contributed by atoms with E-state index in [0.29, 0.717) is 0 Å². The topological polar surface area (TPSA) is 64.5 Å². The molecule has 5 nitrogen and oxygen atoms in total. The highest BCUT2D eigenvalue weighted by Crippen LogP contribution is 2.35. The molecule has 0 saturated heterocycles. The molecule has 0 aliphatic heterocycles. The van der Waals surface area contributed by atoms with Crippen molar-refractivity contribution in [3.8, 4) is 44.8 Å². The minimum Gasteiger partial charge on any atom is -0.256 e. The molecule has 0 aliphatic rings. The van der Waals surface area contributed by atoms with Crippen molar-refractivity contribution in [1.82, 2.24) is 24.9 Å². The molecule has 0 atom stereocenters. The van der Waals surface area contributed by atoms with Crippen LogP contribution in [-0.4, -0.2) is 24.9 Å². The lowest BCUT2D eigenvalue weighted by Gasteiger charge is -2.11. The van der Waals surface area contributed by atoms with Crippen molar-refractivity contribution in [3.63, 3.8) is 0 Å². The molecule has 0 fully saturated rings. The minimum atomic E-state index is 0.900. The van der Waals surface area contributed by atoms with Gasteiger partial charge in [0.05, 0.1) is 39.0 Å². The number of benzene rings is 5. The molecule has 0 aliphatic carbocycles. The predicted molar refractivity (Wildman–Crippen MR) is 205 cm³/mol. The molecular formula is C45H27N5. The Labute approximate surface area is 287 Å². The molecule has 5 aromatic heterocycles. The number of aromatic nitrogens is 5. The van der Waals surface area contributed by atoms with Gasteiger partial charge in [-0.2, -0.15) is 0 Å². The van der Waals surface area contributed by atoms with Gasteiger partial charge in [-0.1, -0.05) is 91.0 Å². The molecule has 5 aromatic carbocycles. The summed E-state index contributed by atoms with van der Waals surface area (Å²) < 4.78 is 0. The highest BCUT2D eigenvalue weighted by molar-refractivity contribution is 6.10. The summed E-state index contributed by atoms with van der Waals surface area (Å²) in [4.78, 5) is 24.1. The van der Waals surface area contributed by atoms with Crippen molar-refractivity contribution in [3.05, 3.63) is 164 Å². The van der Waals surface area contributed by atoms with Crippen LogP contribution in [0.3, 0.4) is 0 Å². The fraction of sp³-hybridized carbons (Fsp3) is 0. The predicted octanol–water partition coefficient (Wildman–Crippen LogP) is 11.1. The van der Waals surface area contributed by atoms with Crippen LogP contribution in [0.2, 0.25) is 0 Å². The summed E-state index contributed by atoms with van der Waals surface area (Å²) in [5.41, 5.74) is 13.1. The summed E-state index contributed by atoms with van der Waals surface area (Å²) in [6.45, 7) is 0. The number of hydrogen-bond donors (Lipinski definition) is 0. The Hall–Kier alpha value is -6.85. The fourth-order valence-electron chi connectivity index (χ4n) is 6.96. The molecule has 0 unspecified atom stereocenters. The van der Waals surface area contributed by atoms with E-state index in [2.05, 4.69) is 130 Å². The Kier molecular flexibility index (Phi) is 6.42. The van der Waals surface area contributed by atoms with E-state index >= 15 is 0 Å². The van der Waals surface area contributed by atoms with Crippen molar-refractivity contribution in [2.75, 3.05) is 0 Å². The molecule has 0 amide bonds. The lowest BCUT2D eigenvalue weighted by molar-refractivity contribution is 1.35. The van der Waals surface area contributed by atoms with E-state index < -0.39 is 0 Å². The van der Waals surface area contributed by atoms with E-state index in [1.165, 1.54) is 0 Å². The van der Waals surface area contributed by atoms with Gasteiger partial charge in [-0.15, -0.1) is 0 Å². The normalized spacial score (nSPS) is 11.6. The van der Waals surface area contributed by atoms with Gasteiger partial charge < -0.3 is 0 Å². The number of para-hydroxylation sites is 1. The average Bonchev–Trinajstić information content (AvgIpc) is 3.19. The number of nitrogens with zero attached hydrogens (tertiary/aromatic N) is 5. The first-order valence-electron chi connectivity index (χ1n) is 16.6. The van der Waals surface area contributed by atoms with Gasteiger partial charge in [0.1, 0.15) is 0 Å². The van der Waals surface area contributed by atoms with Crippen LogP contribution in [-0.2, 0) is 0 Å². The average molecular weight is 638 g/mol.